The van der Waals surface area contributed by atoms with Gasteiger partial charge in [0.15, 0.2) is 44.7 Å². The molecule has 10 aromatic carbocycles. The number of rotatable bonds is 44. The molecule has 4 N–H and O–H groups in total. The highest BCUT2D eigenvalue weighted by molar-refractivity contribution is 6.40. The minimum Gasteiger partial charge on any atom is -1.00 e. The Morgan fingerprint density at radius 1 is 0.316 bits per heavy atom. The average Bonchev–Trinajstić information content (AvgIpc) is 1.08. The van der Waals surface area contributed by atoms with Gasteiger partial charge in [0.1, 0.15) is 47.6 Å². The molecule has 0 saturated heterocycles. The minimum atomic E-state index is -0.425. The quantitative estimate of drug-likeness (QED) is 0.0120. The van der Waals surface area contributed by atoms with Crippen LogP contribution in [-0.2, 0) is 44.6 Å². The SMILES string of the molecule is CCCCCCCCCC[N+](C)(C)CCOCCOCCCc1c(O)c2c(=O)cc(OC)c3c4c(OC)cc(=O)c5c(O)c(OC)c6c(c(c1C=C(C)C6)c23)c54.CCCCCCCCCC[N+](C)(C)CCOCCOCCCc1c(O)c2c(=O)cc(OC)c3c4c(OC)cc(=O)c5c(O)c(OC)c6c(c(c1CC(C)=C6)c23)c54.[Cl-].[Cl-]. The molecule has 0 fully saturated rings. The standard InChI is InChI=1S/2C46H59NO9.2ClH/c2*1-8-9-10-11-12-13-14-15-18-47(3,4)19-21-56-23-22-55-20-16-17-29-30-24-28(2)25-31-37-36(30)42-38(44(29)50)32(48)26-34(52-5)40(42)41-35(53-6)27-33(49)39(43(37)41)45(51)46(31)54-7;;/h25-27H,8-24H2,1-7H3,(H-,48,49,50,51);24,26-27H,8-23,25H2,1-7H3,(H-,48,49,50,51);2*1H. The van der Waals surface area contributed by atoms with Crippen molar-refractivity contribution >= 4 is 98.3 Å². The summed E-state index contributed by atoms with van der Waals surface area (Å²) in [6, 6.07) is 5.42. The molecule has 0 saturated carbocycles. The van der Waals surface area contributed by atoms with Crippen molar-refractivity contribution in [1.29, 1.82) is 0 Å². The van der Waals surface area contributed by atoms with Gasteiger partial charge in [-0.2, -0.15) is 0 Å². The Kier molecular flexibility index (Phi) is 31.6. The molecule has 114 heavy (non-hydrogen) atoms. The van der Waals surface area contributed by atoms with Gasteiger partial charge in [0.05, 0.1) is 145 Å². The number of ether oxygens (including phenoxy) is 10. The second kappa shape index (κ2) is 40.1. The summed E-state index contributed by atoms with van der Waals surface area (Å²) in [5.74, 6) is 0.847. The molecule has 2 aliphatic carbocycles. The maximum Gasteiger partial charge on any atom is 0.194 e. The lowest BCUT2D eigenvalue weighted by molar-refractivity contribution is -0.891. The van der Waals surface area contributed by atoms with Gasteiger partial charge in [-0.15, -0.1) is 0 Å². The number of nitrogens with zero attached hydrogens (tertiary/aromatic N) is 2. The first-order valence-corrected chi connectivity index (χ1v) is 40.7. The second-order valence-corrected chi connectivity index (χ2v) is 32.2. The fourth-order valence-electron chi connectivity index (χ4n) is 17.7. The average molecular weight is 1610 g/mol. The molecule has 0 aliphatic heterocycles. The van der Waals surface area contributed by atoms with Crippen molar-refractivity contribution in [3.8, 4) is 57.5 Å². The maximum absolute atomic E-state index is 13.9. The van der Waals surface area contributed by atoms with E-state index >= 15 is 0 Å². The van der Waals surface area contributed by atoms with Crippen LogP contribution in [0, 0.1) is 0 Å². The lowest BCUT2D eigenvalue weighted by atomic mass is 9.82. The first kappa shape index (κ1) is 89.7. The van der Waals surface area contributed by atoms with Gasteiger partial charge < -0.3 is 102 Å². The molecular formula is C92H120Cl2N2O18. The Morgan fingerprint density at radius 3 is 1.03 bits per heavy atom. The molecule has 22 heteroatoms. The van der Waals surface area contributed by atoms with Crippen LogP contribution in [0.15, 0.2) is 54.6 Å². The number of benzene rings is 10. The van der Waals surface area contributed by atoms with E-state index in [4.69, 9.17) is 47.4 Å². The predicted octanol–water partition coefficient (Wildman–Crippen LogP) is 11.0. The number of methoxy groups -OCH3 is 6. The molecule has 0 heterocycles. The smallest absolute Gasteiger partial charge is 0.194 e. The van der Waals surface area contributed by atoms with Gasteiger partial charge in [-0.05, 0) is 111 Å². The van der Waals surface area contributed by atoms with Crippen LogP contribution in [0.2, 0.25) is 0 Å². The molecule has 620 valence electrons. The number of phenolic OH excluding ortho intramolecular Hbond substituents is 4. The minimum absolute atomic E-state index is 0. The van der Waals surface area contributed by atoms with Crippen molar-refractivity contribution in [2.24, 2.45) is 0 Å². The van der Waals surface area contributed by atoms with Crippen molar-refractivity contribution in [3.05, 3.63) is 110 Å². The van der Waals surface area contributed by atoms with E-state index in [0.717, 1.165) is 62.8 Å². The van der Waals surface area contributed by atoms with E-state index in [9.17, 15) is 39.6 Å². The highest BCUT2D eigenvalue weighted by Crippen LogP contribution is 2.58. The number of phenols is 4. The summed E-state index contributed by atoms with van der Waals surface area (Å²) in [6.07, 6.45) is 28.2. The number of quaternary nitrogens is 2. The van der Waals surface area contributed by atoms with Gasteiger partial charge in [0.25, 0.3) is 0 Å². The normalized spacial score (nSPS) is 12.9. The number of unbranched alkanes of at least 4 members (excludes halogenated alkanes) is 14. The molecule has 0 atom stereocenters. The van der Waals surface area contributed by atoms with Crippen LogP contribution in [0.5, 0.6) is 57.5 Å². The lowest BCUT2D eigenvalue weighted by Crippen LogP contribution is -3.00. The van der Waals surface area contributed by atoms with Crippen LogP contribution in [0.3, 0.4) is 0 Å². The molecule has 0 unspecified atom stereocenters. The molecule has 0 radical (unpaired) electrons. The van der Waals surface area contributed by atoms with Crippen LogP contribution in [0.1, 0.15) is 177 Å². The number of likely N-dealkylation sites (N-methyl/N-ethyl adjacent to an activating group) is 2. The molecular weight excluding hydrogens is 1490 g/mol. The zero-order valence-corrected chi connectivity index (χ0v) is 71.2. The van der Waals surface area contributed by atoms with E-state index in [2.05, 4.69) is 42.0 Å². The third-order valence-corrected chi connectivity index (χ3v) is 23.4. The maximum atomic E-state index is 13.9. The number of fused-ring (bicyclic) bond motifs is 2. The summed E-state index contributed by atoms with van der Waals surface area (Å²) in [6.45, 7) is 16.9. The molecule has 0 bridgehead atoms. The van der Waals surface area contributed by atoms with E-state index < -0.39 is 10.9 Å². The van der Waals surface area contributed by atoms with E-state index in [1.807, 2.05) is 26.0 Å². The number of hydrogen-bond acceptors (Lipinski definition) is 18. The first-order valence-electron chi connectivity index (χ1n) is 40.7. The van der Waals surface area contributed by atoms with E-state index in [0.29, 0.717) is 173 Å². The predicted molar refractivity (Wildman–Crippen MR) is 452 cm³/mol. The zero-order valence-electron chi connectivity index (χ0n) is 69.7. The largest absolute Gasteiger partial charge is 1.00 e. The van der Waals surface area contributed by atoms with Crippen molar-refractivity contribution in [2.75, 3.05) is 150 Å². The molecule has 2 aliphatic rings. The van der Waals surface area contributed by atoms with Gasteiger partial charge in [0.2, 0.25) is 0 Å². The summed E-state index contributed by atoms with van der Waals surface area (Å²) in [7, 11) is 17.9. The number of aromatic hydroxyl groups is 4. The van der Waals surface area contributed by atoms with Crippen LogP contribution in [-0.4, -0.2) is 179 Å². The van der Waals surface area contributed by atoms with Gasteiger partial charge in [-0.3, -0.25) is 19.2 Å². The number of halogens is 2. The zero-order chi connectivity index (χ0) is 80.3. The van der Waals surface area contributed by atoms with Crippen molar-refractivity contribution < 1.29 is 102 Å². The summed E-state index contributed by atoms with van der Waals surface area (Å²) in [5.41, 5.74) is 4.48. The van der Waals surface area contributed by atoms with Crippen LogP contribution >= 0.6 is 0 Å². The molecule has 12 rings (SSSR count). The monoisotopic (exact) mass is 1610 g/mol. The Hall–Kier alpha value is -8.18. The topological polar surface area (TPSA) is 241 Å². The van der Waals surface area contributed by atoms with E-state index in [1.165, 1.54) is 170 Å². The summed E-state index contributed by atoms with van der Waals surface area (Å²) in [4.78, 5) is 55.3. The van der Waals surface area contributed by atoms with Gasteiger partial charge >= 0.3 is 0 Å². The number of hydrogen-bond donors (Lipinski definition) is 4. The number of allylic oxidation sites excluding steroid dienone is 2. The third-order valence-electron chi connectivity index (χ3n) is 23.4. The lowest BCUT2D eigenvalue weighted by Gasteiger charge is -2.29. The molecule has 20 nitrogen and oxygen atoms in total. The Balaban J connectivity index is 0.000000257. The molecule has 10 aromatic rings. The van der Waals surface area contributed by atoms with Crippen LogP contribution in [0.4, 0.5) is 0 Å². The first-order chi connectivity index (χ1) is 54.0. The fourth-order valence-corrected chi connectivity index (χ4v) is 17.7. The summed E-state index contributed by atoms with van der Waals surface area (Å²) >= 11 is 0. The molecule has 0 spiro atoms. The Morgan fingerprint density at radius 2 is 0.632 bits per heavy atom. The highest BCUT2D eigenvalue weighted by atomic mass is 35.5. The van der Waals surface area contributed by atoms with E-state index in [-0.39, 0.29) is 115 Å². The Bertz CT molecular complexity index is 5330. The van der Waals surface area contributed by atoms with Crippen molar-refractivity contribution in [3.63, 3.8) is 0 Å². The summed E-state index contributed by atoms with van der Waals surface area (Å²) < 4.78 is 60.6. The van der Waals surface area contributed by atoms with Gasteiger partial charge in [0, 0.05) is 103 Å². The van der Waals surface area contributed by atoms with Crippen LogP contribution in [0.25, 0.3) is 98.3 Å². The van der Waals surface area contributed by atoms with E-state index in [1.54, 1.807) is 0 Å². The van der Waals surface area contributed by atoms with Gasteiger partial charge in [-0.1, -0.05) is 114 Å². The third kappa shape index (κ3) is 18.5. The molecule has 0 aromatic heterocycles. The highest BCUT2D eigenvalue weighted by Gasteiger charge is 2.36. The van der Waals surface area contributed by atoms with Crippen molar-refractivity contribution in [2.45, 2.75) is 169 Å². The van der Waals surface area contributed by atoms with Crippen molar-refractivity contribution in [1.82, 2.24) is 0 Å². The second-order valence-electron chi connectivity index (χ2n) is 32.2. The Labute approximate surface area is 682 Å². The van der Waals surface area contributed by atoms with Crippen LogP contribution < -0.4 is 75.0 Å². The molecule has 0 amide bonds. The fraction of sp³-hybridized carbons (Fsp3) is 0.522. The van der Waals surface area contributed by atoms with Gasteiger partial charge in [-0.25, -0.2) is 0 Å². The summed E-state index contributed by atoms with van der Waals surface area (Å²) in [5, 5.41) is 54.7.